The molecule has 29 heavy (non-hydrogen) atoms. The van der Waals surface area contributed by atoms with Crippen molar-refractivity contribution in [1.29, 1.82) is 0 Å². The fourth-order valence-corrected chi connectivity index (χ4v) is 5.49. The van der Waals surface area contributed by atoms with Crippen molar-refractivity contribution in [3.05, 3.63) is 47.3 Å². The van der Waals surface area contributed by atoms with E-state index in [-0.39, 0.29) is 11.9 Å². The van der Waals surface area contributed by atoms with Crippen molar-refractivity contribution < 1.29 is 9.53 Å². The number of carbonyl (C=O) groups excluding carboxylic acids is 1. The molecule has 0 spiro atoms. The summed E-state index contributed by atoms with van der Waals surface area (Å²) < 4.78 is 7.32. The van der Waals surface area contributed by atoms with Crippen LogP contribution >= 0.6 is 0 Å². The summed E-state index contributed by atoms with van der Waals surface area (Å²) in [5.41, 5.74) is 3.53. The van der Waals surface area contributed by atoms with Crippen LogP contribution in [0, 0.1) is 25.7 Å². The normalized spacial score (nSPS) is 25.8. The highest BCUT2D eigenvalue weighted by Gasteiger charge is 2.51. The highest BCUT2D eigenvalue weighted by atomic mass is 16.5. The zero-order chi connectivity index (χ0) is 20.4. The van der Waals surface area contributed by atoms with Crippen LogP contribution in [0.15, 0.2) is 30.3 Å². The standard InChI is InChI=1S/C24H33N3O2/c1-16-15-17(2)27(26-16)14-6-9-22(28)25-24-21-8-5-4-7-20(21)23(24)18-10-12-19(29-3)13-11-18/h10-13,15,20-21,23-24H,4-9,14H2,1-3H3,(H,25,28)/t20-,21+,23-,24-/m0/s1. The minimum atomic E-state index is 0.180. The molecule has 2 aliphatic carbocycles. The zero-order valence-electron chi connectivity index (χ0n) is 17.9. The predicted octanol–water partition coefficient (Wildman–Crippen LogP) is 4.38. The first kappa shape index (κ1) is 20.0. The number of nitrogens with zero attached hydrogens (tertiary/aromatic N) is 2. The summed E-state index contributed by atoms with van der Waals surface area (Å²) >= 11 is 0. The number of nitrogens with one attached hydrogen (secondary N) is 1. The summed E-state index contributed by atoms with van der Waals surface area (Å²) in [5.74, 6) is 2.84. The Labute approximate surface area is 173 Å². The van der Waals surface area contributed by atoms with Crippen molar-refractivity contribution in [2.45, 2.75) is 70.9 Å². The average molecular weight is 396 g/mol. The number of hydrogen-bond acceptors (Lipinski definition) is 3. The van der Waals surface area contributed by atoms with Crippen molar-refractivity contribution >= 4 is 5.91 Å². The van der Waals surface area contributed by atoms with Gasteiger partial charge in [-0.3, -0.25) is 9.48 Å². The SMILES string of the molecule is COc1ccc([C@H]2[C@H]3CCCC[C@H]3[C@@H]2NC(=O)CCCn2nc(C)cc2C)cc1. The van der Waals surface area contributed by atoms with Gasteiger partial charge in [0.2, 0.25) is 5.91 Å². The Balaban J connectivity index is 1.37. The summed E-state index contributed by atoms with van der Waals surface area (Å²) in [7, 11) is 1.70. The number of aromatic nitrogens is 2. The van der Waals surface area contributed by atoms with Gasteiger partial charge in [0.05, 0.1) is 12.8 Å². The minimum Gasteiger partial charge on any atom is -0.497 e. The Morgan fingerprint density at radius 1 is 1.17 bits per heavy atom. The maximum Gasteiger partial charge on any atom is 0.220 e. The van der Waals surface area contributed by atoms with Crippen molar-refractivity contribution in [2.75, 3.05) is 7.11 Å². The van der Waals surface area contributed by atoms with Gasteiger partial charge in [0.1, 0.15) is 5.75 Å². The molecule has 1 amide bonds. The molecule has 2 aliphatic rings. The summed E-state index contributed by atoms with van der Waals surface area (Å²) in [4.78, 5) is 12.7. The average Bonchev–Trinajstić information content (AvgIpc) is 3.04. The molecule has 1 aromatic heterocycles. The van der Waals surface area contributed by atoms with Gasteiger partial charge in [-0.05, 0) is 68.7 Å². The molecular formula is C24H33N3O2. The minimum absolute atomic E-state index is 0.180. The second-order valence-corrected chi connectivity index (χ2v) is 8.76. The number of benzene rings is 1. The van der Waals surface area contributed by atoms with Crippen LogP contribution in [0.25, 0.3) is 0 Å². The molecule has 4 atom stereocenters. The molecule has 1 aromatic carbocycles. The third kappa shape index (κ3) is 4.19. The molecule has 5 heteroatoms. The summed E-state index contributed by atoms with van der Waals surface area (Å²) in [6, 6.07) is 10.8. The zero-order valence-corrected chi connectivity index (χ0v) is 17.9. The van der Waals surface area contributed by atoms with E-state index in [2.05, 4.69) is 35.5 Å². The van der Waals surface area contributed by atoms with Crippen LogP contribution < -0.4 is 10.1 Å². The van der Waals surface area contributed by atoms with Gasteiger partial charge in [-0.15, -0.1) is 0 Å². The van der Waals surface area contributed by atoms with Crippen LogP contribution in [0.5, 0.6) is 5.75 Å². The van der Waals surface area contributed by atoms with Crippen molar-refractivity contribution in [1.82, 2.24) is 15.1 Å². The molecule has 2 aromatic rings. The molecule has 1 heterocycles. The third-order valence-electron chi connectivity index (χ3n) is 6.89. The van der Waals surface area contributed by atoms with E-state index in [1.807, 2.05) is 23.7 Å². The Bertz CT molecular complexity index is 842. The molecule has 2 saturated carbocycles. The van der Waals surface area contributed by atoms with Crippen molar-refractivity contribution in [2.24, 2.45) is 11.8 Å². The molecule has 1 N–H and O–H groups in total. The van der Waals surface area contributed by atoms with E-state index >= 15 is 0 Å². The van der Waals surface area contributed by atoms with Crippen LogP contribution in [-0.4, -0.2) is 28.8 Å². The quantitative estimate of drug-likeness (QED) is 0.757. The topological polar surface area (TPSA) is 56.1 Å². The Morgan fingerprint density at radius 3 is 2.55 bits per heavy atom. The first-order valence-corrected chi connectivity index (χ1v) is 11.0. The maximum atomic E-state index is 12.7. The number of hydrogen-bond donors (Lipinski definition) is 1. The van der Waals surface area contributed by atoms with Gasteiger partial charge in [-0.2, -0.15) is 5.10 Å². The molecule has 0 aliphatic heterocycles. The van der Waals surface area contributed by atoms with Crippen LogP contribution in [0.4, 0.5) is 0 Å². The van der Waals surface area contributed by atoms with Gasteiger partial charge in [0.15, 0.2) is 0 Å². The summed E-state index contributed by atoms with van der Waals surface area (Å²) in [6.45, 7) is 4.87. The maximum absolute atomic E-state index is 12.7. The molecule has 156 valence electrons. The van der Waals surface area contributed by atoms with Crippen molar-refractivity contribution in [3.63, 3.8) is 0 Å². The van der Waals surface area contributed by atoms with E-state index in [4.69, 9.17) is 4.74 Å². The highest BCUT2D eigenvalue weighted by molar-refractivity contribution is 5.76. The lowest BCUT2D eigenvalue weighted by molar-refractivity contribution is -0.125. The number of ether oxygens (including phenoxy) is 1. The molecule has 5 nitrogen and oxygen atoms in total. The number of methoxy groups -OCH3 is 1. The van der Waals surface area contributed by atoms with E-state index in [0.29, 0.717) is 24.2 Å². The number of amides is 1. The molecule has 0 bridgehead atoms. The third-order valence-corrected chi connectivity index (χ3v) is 6.89. The lowest BCUT2D eigenvalue weighted by Crippen LogP contribution is -2.59. The summed E-state index contributed by atoms with van der Waals surface area (Å²) in [5, 5.41) is 7.89. The van der Waals surface area contributed by atoms with Crippen LogP contribution in [0.3, 0.4) is 0 Å². The molecule has 0 radical (unpaired) electrons. The predicted molar refractivity (Wildman–Crippen MR) is 114 cm³/mol. The highest BCUT2D eigenvalue weighted by Crippen LogP contribution is 2.54. The van der Waals surface area contributed by atoms with E-state index in [1.165, 1.54) is 31.2 Å². The van der Waals surface area contributed by atoms with Crippen LogP contribution in [0.2, 0.25) is 0 Å². The lowest BCUT2D eigenvalue weighted by atomic mass is 9.53. The molecule has 2 fully saturated rings. The monoisotopic (exact) mass is 395 g/mol. The summed E-state index contributed by atoms with van der Waals surface area (Å²) in [6.07, 6.45) is 6.51. The number of rotatable bonds is 7. The molecular weight excluding hydrogens is 362 g/mol. The second kappa shape index (κ2) is 8.60. The van der Waals surface area contributed by atoms with Gasteiger partial charge in [0, 0.05) is 30.6 Å². The van der Waals surface area contributed by atoms with Gasteiger partial charge in [-0.1, -0.05) is 25.0 Å². The first-order chi connectivity index (χ1) is 14.1. The second-order valence-electron chi connectivity index (χ2n) is 8.76. The number of fused-ring (bicyclic) bond motifs is 1. The number of aryl methyl sites for hydroxylation is 3. The largest absolute Gasteiger partial charge is 0.497 e. The molecule has 0 saturated heterocycles. The first-order valence-electron chi connectivity index (χ1n) is 11.0. The van der Waals surface area contributed by atoms with Crippen molar-refractivity contribution in [3.8, 4) is 5.75 Å². The Morgan fingerprint density at radius 2 is 1.90 bits per heavy atom. The fourth-order valence-electron chi connectivity index (χ4n) is 5.49. The Hall–Kier alpha value is -2.30. The van der Waals surface area contributed by atoms with E-state index in [9.17, 15) is 4.79 Å². The van der Waals surface area contributed by atoms with Crippen LogP contribution in [-0.2, 0) is 11.3 Å². The smallest absolute Gasteiger partial charge is 0.220 e. The fraction of sp³-hybridized carbons (Fsp3) is 0.583. The van der Waals surface area contributed by atoms with E-state index < -0.39 is 0 Å². The number of carbonyl (C=O) groups is 1. The van der Waals surface area contributed by atoms with E-state index in [1.54, 1.807) is 7.11 Å². The van der Waals surface area contributed by atoms with E-state index in [0.717, 1.165) is 30.1 Å². The lowest BCUT2D eigenvalue weighted by Gasteiger charge is -2.55. The van der Waals surface area contributed by atoms with Gasteiger partial charge >= 0.3 is 0 Å². The molecule has 0 unspecified atom stereocenters. The van der Waals surface area contributed by atoms with Gasteiger partial charge in [0.25, 0.3) is 0 Å². The van der Waals surface area contributed by atoms with Crippen LogP contribution in [0.1, 0.15) is 61.4 Å². The molecule has 4 rings (SSSR count). The van der Waals surface area contributed by atoms with Gasteiger partial charge < -0.3 is 10.1 Å². The van der Waals surface area contributed by atoms with Gasteiger partial charge in [-0.25, -0.2) is 0 Å². The Kier molecular flexibility index (Phi) is 5.93.